The highest BCUT2D eigenvalue weighted by Gasteiger charge is 2.49. The van der Waals surface area contributed by atoms with E-state index in [2.05, 4.69) is 5.32 Å². The van der Waals surface area contributed by atoms with E-state index in [0.29, 0.717) is 19.5 Å². The van der Waals surface area contributed by atoms with Crippen LogP contribution >= 0.6 is 0 Å². The van der Waals surface area contributed by atoms with E-state index < -0.39 is 6.10 Å². The lowest BCUT2D eigenvalue weighted by Gasteiger charge is -2.26. The van der Waals surface area contributed by atoms with E-state index in [-0.39, 0.29) is 23.2 Å². The highest BCUT2D eigenvalue weighted by Crippen LogP contribution is 2.51. The number of amides is 1. The molecule has 4 rings (SSSR count). The molecule has 2 fully saturated rings. The maximum absolute atomic E-state index is 14.5. The van der Waals surface area contributed by atoms with Crippen molar-refractivity contribution in [3.05, 3.63) is 29.6 Å². The summed E-state index contributed by atoms with van der Waals surface area (Å²) in [4.78, 5) is 14.6. The number of fused-ring (bicyclic) bond motifs is 2. The molecular weight excluding hydrogens is 283 g/mol. The second-order valence-corrected chi connectivity index (χ2v) is 6.90. The van der Waals surface area contributed by atoms with Crippen LogP contribution in [0.5, 0.6) is 0 Å². The minimum atomic E-state index is -0.469. The van der Waals surface area contributed by atoms with Gasteiger partial charge in [-0.25, -0.2) is 4.39 Å². The number of aliphatic hydroxyl groups excluding tert-OH is 1. The molecule has 2 aliphatic heterocycles. The highest BCUT2D eigenvalue weighted by molar-refractivity contribution is 6.00. The molecule has 22 heavy (non-hydrogen) atoms. The van der Waals surface area contributed by atoms with Crippen LogP contribution in [0.25, 0.3) is 0 Å². The number of halogens is 1. The van der Waals surface area contributed by atoms with Gasteiger partial charge in [-0.05, 0) is 31.4 Å². The van der Waals surface area contributed by atoms with Crippen LogP contribution in [-0.4, -0.2) is 36.2 Å². The zero-order valence-corrected chi connectivity index (χ0v) is 12.5. The number of benzene rings is 1. The zero-order chi connectivity index (χ0) is 15.3. The minimum absolute atomic E-state index is 0.0350. The lowest BCUT2D eigenvalue weighted by molar-refractivity contribution is -0.120. The van der Waals surface area contributed by atoms with Crippen molar-refractivity contribution >= 4 is 11.6 Å². The number of carbonyl (C=O) groups is 1. The standard InChI is InChI=1S/C17H21FN2O2/c18-12-4-3-5-14-15(12)17(6-1-2-7-17)10-20(14)16(22)13-8-11(21)9-19-13/h3-5,11,13,19,21H,1-2,6-10H2/t11-,13-/m1/s1. The Labute approximate surface area is 129 Å². The maximum Gasteiger partial charge on any atom is 0.244 e. The van der Waals surface area contributed by atoms with Gasteiger partial charge < -0.3 is 15.3 Å². The van der Waals surface area contributed by atoms with E-state index in [1.54, 1.807) is 11.0 Å². The fraction of sp³-hybridized carbons (Fsp3) is 0.588. The fourth-order valence-electron chi connectivity index (χ4n) is 4.48. The van der Waals surface area contributed by atoms with Crippen LogP contribution in [0, 0.1) is 5.82 Å². The lowest BCUT2D eigenvalue weighted by Crippen LogP contribution is -2.45. The van der Waals surface area contributed by atoms with Gasteiger partial charge in [0, 0.05) is 24.1 Å². The highest BCUT2D eigenvalue weighted by atomic mass is 19.1. The number of nitrogens with zero attached hydrogens (tertiary/aromatic N) is 1. The Morgan fingerprint density at radius 3 is 2.82 bits per heavy atom. The summed E-state index contributed by atoms with van der Waals surface area (Å²) in [5.74, 6) is -0.221. The molecule has 1 amide bonds. The molecule has 4 nitrogen and oxygen atoms in total. The fourth-order valence-corrected chi connectivity index (χ4v) is 4.48. The smallest absolute Gasteiger partial charge is 0.244 e. The number of aliphatic hydroxyl groups is 1. The van der Waals surface area contributed by atoms with Gasteiger partial charge >= 0.3 is 0 Å². The molecule has 2 heterocycles. The van der Waals surface area contributed by atoms with Crippen molar-refractivity contribution in [2.75, 3.05) is 18.0 Å². The number of carbonyl (C=O) groups excluding carboxylic acids is 1. The Balaban J connectivity index is 1.71. The quantitative estimate of drug-likeness (QED) is 0.830. The average molecular weight is 304 g/mol. The van der Waals surface area contributed by atoms with Gasteiger partial charge in [-0.2, -0.15) is 0 Å². The van der Waals surface area contributed by atoms with Gasteiger partial charge in [0.15, 0.2) is 0 Å². The molecule has 118 valence electrons. The first-order chi connectivity index (χ1) is 10.6. The van der Waals surface area contributed by atoms with Gasteiger partial charge in [0.25, 0.3) is 0 Å². The molecule has 1 aliphatic carbocycles. The second-order valence-electron chi connectivity index (χ2n) is 6.90. The zero-order valence-electron chi connectivity index (χ0n) is 12.5. The SMILES string of the molecule is O=C([C@H]1C[C@@H](O)CN1)N1CC2(CCCC2)c2c(F)cccc21. The number of hydrogen-bond acceptors (Lipinski definition) is 3. The van der Waals surface area contributed by atoms with Crippen LogP contribution in [0.4, 0.5) is 10.1 Å². The number of hydrogen-bond donors (Lipinski definition) is 2. The molecule has 1 aromatic rings. The second kappa shape index (κ2) is 5.03. The van der Waals surface area contributed by atoms with Crippen molar-refractivity contribution in [1.29, 1.82) is 0 Å². The molecule has 1 saturated carbocycles. The van der Waals surface area contributed by atoms with Crippen molar-refractivity contribution in [2.45, 2.75) is 49.7 Å². The summed E-state index contributed by atoms with van der Waals surface area (Å²) in [7, 11) is 0. The Bertz CT molecular complexity index is 613. The Hall–Kier alpha value is -1.46. The largest absolute Gasteiger partial charge is 0.392 e. The summed E-state index contributed by atoms with van der Waals surface area (Å²) < 4.78 is 14.5. The first kappa shape index (κ1) is 14.2. The van der Waals surface area contributed by atoms with Gasteiger partial charge in [0.1, 0.15) is 5.82 Å². The molecular formula is C17H21FN2O2. The van der Waals surface area contributed by atoms with Crippen LogP contribution in [0.1, 0.15) is 37.7 Å². The van der Waals surface area contributed by atoms with E-state index in [1.165, 1.54) is 6.07 Å². The third kappa shape index (κ3) is 1.99. The lowest BCUT2D eigenvalue weighted by atomic mass is 9.80. The summed E-state index contributed by atoms with van der Waals surface area (Å²) in [6.07, 6.45) is 4.06. The van der Waals surface area contributed by atoms with Crippen molar-refractivity contribution < 1.29 is 14.3 Å². The van der Waals surface area contributed by atoms with E-state index in [4.69, 9.17) is 0 Å². The summed E-state index contributed by atoms with van der Waals surface area (Å²) in [6, 6.07) is 4.68. The molecule has 2 atom stereocenters. The molecule has 0 radical (unpaired) electrons. The Kier molecular flexibility index (Phi) is 3.24. The van der Waals surface area contributed by atoms with Crippen LogP contribution < -0.4 is 10.2 Å². The van der Waals surface area contributed by atoms with E-state index >= 15 is 0 Å². The molecule has 0 aromatic heterocycles. The van der Waals surface area contributed by atoms with Crippen LogP contribution in [0.15, 0.2) is 18.2 Å². The van der Waals surface area contributed by atoms with Crippen LogP contribution in [0.2, 0.25) is 0 Å². The summed E-state index contributed by atoms with van der Waals surface area (Å²) in [5.41, 5.74) is 1.27. The van der Waals surface area contributed by atoms with Crippen molar-refractivity contribution in [3.8, 4) is 0 Å². The summed E-state index contributed by atoms with van der Waals surface area (Å²) >= 11 is 0. The van der Waals surface area contributed by atoms with E-state index in [9.17, 15) is 14.3 Å². The Morgan fingerprint density at radius 1 is 1.36 bits per heavy atom. The van der Waals surface area contributed by atoms with Crippen molar-refractivity contribution in [2.24, 2.45) is 0 Å². The van der Waals surface area contributed by atoms with Gasteiger partial charge in [-0.3, -0.25) is 4.79 Å². The normalized spacial score (nSPS) is 29.3. The van der Waals surface area contributed by atoms with Crippen LogP contribution in [-0.2, 0) is 10.2 Å². The first-order valence-electron chi connectivity index (χ1n) is 8.13. The third-order valence-electron chi connectivity index (χ3n) is 5.51. The predicted molar refractivity (Wildman–Crippen MR) is 81.3 cm³/mol. The molecule has 1 aromatic carbocycles. The average Bonchev–Trinajstić information content (AvgIpc) is 3.20. The molecule has 5 heteroatoms. The number of β-amino-alcohol motifs (C(OH)–C–C–N with tert-alkyl or cyclic N) is 1. The number of nitrogens with one attached hydrogen (secondary N) is 1. The summed E-state index contributed by atoms with van der Waals surface area (Å²) in [5, 5.41) is 12.7. The van der Waals surface area contributed by atoms with Crippen molar-refractivity contribution in [1.82, 2.24) is 5.32 Å². The van der Waals surface area contributed by atoms with E-state index in [1.807, 2.05) is 6.07 Å². The van der Waals surface area contributed by atoms with Gasteiger partial charge in [-0.15, -0.1) is 0 Å². The van der Waals surface area contributed by atoms with Gasteiger partial charge in [0.2, 0.25) is 5.91 Å². The monoisotopic (exact) mass is 304 g/mol. The summed E-state index contributed by atoms with van der Waals surface area (Å²) in [6.45, 7) is 1.03. The molecule has 0 unspecified atom stereocenters. The predicted octanol–water partition coefficient (Wildman–Crippen LogP) is 1.71. The Morgan fingerprint density at radius 2 is 2.14 bits per heavy atom. The topological polar surface area (TPSA) is 52.6 Å². The van der Waals surface area contributed by atoms with Gasteiger partial charge in [-0.1, -0.05) is 18.9 Å². The van der Waals surface area contributed by atoms with Gasteiger partial charge in [0.05, 0.1) is 17.8 Å². The molecule has 3 aliphatic rings. The third-order valence-corrected chi connectivity index (χ3v) is 5.51. The molecule has 2 N–H and O–H groups in total. The van der Waals surface area contributed by atoms with E-state index in [0.717, 1.165) is 36.9 Å². The maximum atomic E-state index is 14.5. The van der Waals surface area contributed by atoms with Crippen LogP contribution in [0.3, 0.4) is 0 Å². The molecule has 1 saturated heterocycles. The first-order valence-corrected chi connectivity index (χ1v) is 8.13. The number of anilines is 1. The van der Waals surface area contributed by atoms with Crippen molar-refractivity contribution in [3.63, 3.8) is 0 Å². The molecule has 1 spiro atoms. The molecule has 0 bridgehead atoms. The minimum Gasteiger partial charge on any atom is -0.392 e. The number of rotatable bonds is 1.